The lowest BCUT2D eigenvalue weighted by atomic mass is 9.98. The van der Waals surface area contributed by atoms with Crippen LogP contribution in [0.15, 0.2) is 6.20 Å². The molecule has 2 rings (SSSR count). The van der Waals surface area contributed by atoms with E-state index in [1.54, 1.807) is 6.20 Å². The van der Waals surface area contributed by atoms with Gasteiger partial charge in [-0.1, -0.05) is 0 Å². The number of aliphatic carboxylic acids is 1. The van der Waals surface area contributed by atoms with Gasteiger partial charge in [0.15, 0.2) is 0 Å². The minimum atomic E-state index is -0.694. The van der Waals surface area contributed by atoms with Gasteiger partial charge in [0.25, 0.3) is 0 Å². The lowest BCUT2D eigenvalue weighted by molar-refractivity contribution is -0.141. The maximum Gasteiger partial charge on any atom is 0.308 e. The fourth-order valence-corrected chi connectivity index (χ4v) is 2.06. The lowest BCUT2D eigenvalue weighted by Gasteiger charge is -2.31. The number of carbonyl (C=O) groups is 1. The summed E-state index contributed by atoms with van der Waals surface area (Å²) in [7, 11) is 0. The number of nitrogens with zero attached hydrogens (tertiary/aromatic N) is 2. The highest BCUT2D eigenvalue weighted by atomic mass is 16.4. The van der Waals surface area contributed by atoms with Gasteiger partial charge >= 0.3 is 5.97 Å². The van der Waals surface area contributed by atoms with E-state index in [9.17, 15) is 4.79 Å². The number of rotatable bonds is 2. The summed E-state index contributed by atoms with van der Waals surface area (Å²) in [5.74, 6) is -0.936. The molecular weight excluding hydrogens is 194 g/mol. The van der Waals surface area contributed by atoms with Crippen molar-refractivity contribution in [2.24, 2.45) is 5.92 Å². The second kappa shape index (κ2) is 3.92. The lowest BCUT2D eigenvalue weighted by Crippen LogP contribution is -2.38. The van der Waals surface area contributed by atoms with Crippen molar-refractivity contribution in [1.82, 2.24) is 10.2 Å². The number of aryl methyl sites for hydroxylation is 1. The van der Waals surface area contributed by atoms with Gasteiger partial charge in [-0.3, -0.25) is 9.89 Å². The number of carboxylic acids is 1. The molecule has 2 N–H and O–H groups in total. The fourth-order valence-electron chi connectivity index (χ4n) is 2.06. The van der Waals surface area contributed by atoms with Crippen LogP contribution in [-0.2, 0) is 4.79 Å². The first-order valence-electron chi connectivity index (χ1n) is 5.16. The fraction of sp³-hybridized carbons (Fsp3) is 0.600. The Balaban J connectivity index is 2.11. The summed E-state index contributed by atoms with van der Waals surface area (Å²) in [6.45, 7) is 3.46. The van der Waals surface area contributed by atoms with Gasteiger partial charge in [-0.05, 0) is 19.8 Å². The van der Waals surface area contributed by atoms with E-state index in [0.29, 0.717) is 6.54 Å². The average molecular weight is 209 g/mol. The molecule has 0 aromatic carbocycles. The van der Waals surface area contributed by atoms with Crippen LogP contribution >= 0.6 is 0 Å². The van der Waals surface area contributed by atoms with Crippen LogP contribution < -0.4 is 4.90 Å². The number of aromatic amines is 1. The highest BCUT2D eigenvalue weighted by Crippen LogP contribution is 2.24. The zero-order valence-corrected chi connectivity index (χ0v) is 8.73. The quantitative estimate of drug-likeness (QED) is 0.763. The van der Waals surface area contributed by atoms with E-state index in [1.165, 1.54) is 0 Å². The van der Waals surface area contributed by atoms with Gasteiger partial charge in [0.2, 0.25) is 0 Å². The van der Waals surface area contributed by atoms with Crippen LogP contribution in [0.5, 0.6) is 0 Å². The number of anilines is 1. The van der Waals surface area contributed by atoms with Crippen LogP contribution in [0.25, 0.3) is 0 Å². The molecule has 0 amide bonds. The first kappa shape index (κ1) is 10.0. The molecule has 1 atom stereocenters. The summed E-state index contributed by atoms with van der Waals surface area (Å²) in [5.41, 5.74) is 2.03. The van der Waals surface area contributed by atoms with Gasteiger partial charge in [0.1, 0.15) is 0 Å². The maximum atomic E-state index is 10.9. The largest absolute Gasteiger partial charge is 0.481 e. The van der Waals surface area contributed by atoms with E-state index in [0.717, 1.165) is 30.8 Å². The summed E-state index contributed by atoms with van der Waals surface area (Å²) in [4.78, 5) is 13.0. The number of H-pyrrole nitrogens is 1. The number of aromatic nitrogens is 2. The second-order valence-corrected chi connectivity index (χ2v) is 4.00. The van der Waals surface area contributed by atoms with Crippen molar-refractivity contribution < 1.29 is 9.90 Å². The van der Waals surface area contributed by atoms with Crippen molar-refractivity contribution in [3.05, 3.63) is 11.9 Å². The Labute approximate surface area is 88.1 Å². The van der Waals surface area contributed by atoms with Gasteiger partial charge in [0, 0.05) is 13.1 Å². The van der Waals surface area contributed by atoms with Gasteiger partial charge in [-0.15, -0.1) is 0 Å². The van der Waals surface area contributed by atoms with Gasteiger partial charge < -0.3 is 10.0 Å². The molecule has 0 bridgehead atoms. The van der Waals surface area contributed by atoms with Gasteiger partial charge in [-0.2, -0.15) is 5.10 Å². The number of hydrogen-bond acceptors (Lipinski definition) is 3. The molecule has 82 valence electrons. The molecule has 1 aliphatic rings. The van der Waals surface area contributed by atoms with E-state index >= 15 is 0 Å². The van der Waals surface area contributed by atoms with Crippen LogP contribution in [0, 0.1) is 12.8 Å². The summed E-state index contributed by atoms with van der Waals surface area (Å²) >= 11 is 0. The summed E-state index contributed by atoms with van der Waals surface area (Å²) < 4.78 is 0. The summed E-state index contributed by atoms with van der Waals surface area (Å²) in [6.07, 6.45) is 3.48. The minimum absolute atomic E-state index is 0.243. The Hall–Kier alpha value is -1.52. The molecule has 15 heavy (non-hydrogen) atoms. The third-order valence-electron chi connectivity index (χ3n) is 2.91. The van der Waals surface area contributed by atoms with E-state index < -0.39 is 5.97 Å². The predicted octanol–water partition coefficient (Wildman–Crippen LogP) is 1.02. The monoisotopic (exact) mass is 209 g/mol. The van der Waals surface area contributed by atoms with E-state index in [4.69, 9.17) is 5.11 Å². The molecule has 5 nitrogen and oxygen atoms in total. The van der Waals surface area contributed by atoms with Crippen LogP contribution in [-0.4, -0.2) is 34.4 Å². The topological polar surface area (TPSA) is 69.2 Å². The number of hydrogen-bond donors (Lipinski definition) is 2. The maximum absolute atomic E-state index is 10.9. The average Bonchev–Trinajstić information content (AvgIpc) is 2.64. The summed E-state index contributed by atoms with van der Waals surface area (Å²) in [5, 5.41) is 15.8. The Bertz CT molecular complexity index is 361. The molecule has 5 heteroatoms. The summed E-state index contributed by atoms with van der Waals surface area (Å²) in [6, 6.07) is 0. The SMILES string of the molecule is Cc1[nH]ncc1N1CCCC(C(=O)O)C1. The van der Waals surface area contributed by atoms with Crippen LogP contribution in [0.1, 0.15) is 18.5 Å². The smallest absolute Gasteiger partial charge is 0.308 e. The zero-order valence-electron chi connectivity index (χ0n) is 8.73. The number of piperidine rings is 1. The first-order valence-corrected chi connectivity index (χ1v) is 5.16. The second-order valence-electron chi connectivity index (χ2n) is 4.00. The molecule has 1 fully saturated rings. The van der Waals surface area contributed by atoms with Crippen LogP contribution in [0.3, 0.4) is 0 Å². The van der Waals surface area contributed by atoms with Crippen molar-refractivity contribution in [2.45, 2.75) is 19.8 Å². The van der Waals surface area contributed by atoms with E-state index in [1.807, 2.05) is 6.92 Å². The first-order chi connectivity index (χ1) is 7.18. The molecule has 1 unspecified atom stereocenters. The van der Waals surface area contributed by atoms with Crippen molar-refractivity contribution in [3.63, 3.8) is 0 Å². The van der Waals surface area contributed by atoms with Crippen molar-refractivity contribution >= 4 is 11.7 Å². The Morgan fingerprint density at radius 1 is 1.73 bits per heavy atom. The van der Waals surface area contributed by atoms with Crippen LogP contribution in [0.4, 0.5) is 5.69 Å². The van der Waals surface area contributed by atoms with Gasteiger partial charge in [0.05, 0.1) is 23.5 Å². The number of carboxylic acid groups (broad SMARTS) is 1. The highest BCUT2D eigenvalue weighted by molar-refractivity contribution is 5.71. The van der Waals surface area contributed by atoms with Crippen molar-refractivity contribution in [1.29, 1.82) is 0 Å². The molecule has 0 saturated carbocycles. The van der Waals surface area contributed by atoms with Gasteiger partial charge in [-0.25, -0.2) is 0 Å². The molecular formula is C10H15N3O2. The van der Waals surface area contributed by atoms with Crippen molar-refractivity contribution in [3.8, 4) is 0 Å². The third-order valence-corrected chi connectivity index (χ3v) is 2.91. The standard InChI is InChI=1S/C10H15N3O2/c1-7-9(5-11-12-7)13-4-2-3-8(6-13)10(14)15/h5,8H,2-4,6H2,1H3,(H,11,12)(H,14,15). The molecule has 0 radical (unpaired) electrons. The Morgan fingerprint density at radius 2 is 2.53 bits per heavy atom. The zero-order chi connectivity index (χ0) is 10.8. The van der Waals surface area contributed by atoms with E-state index in [-0.39, 0.29) is 5.92 Å². The van der Waals surface area contributed by atoms with E-state index in [2.05, 4.69) is 15.1 Å². The predicted molar refractivity (Wildman–Crippen MR) is 55.9 cm³/mol. The molecule has 0 spiro atoms. The molecule has 0 aliphatic carbocycles. The highest BCUT2D eigenvalue weighted by Gasteiger charge is 2.26. The molecule has 2 heterocycles. The molecule has 1 aliphatic heterocycles. The van der Waals surface area contributed by atoms with Crippen molar-refractivity contribution in [2.75, 3.05) is 18.0 Å². The number of nitrogens with one attached hydrogen (secondary N) is 1. The Kier molecular flexibility index (Phi) is 2.62. The molecule has 1 aromatic heterocycles. The molecule has 1 aromatic rings. The normalized spacial score (nSPS) is 21.7. The third kappa shape index (κ3) is 1.95. The minimum Gasteiger partial charge on any atom is -0.481 e. The molecule has 1 saturated heterocycles. The van der Waals surface area contributed by atoms with Crippen LogP contribution in [0.2, 0.25) is 0 Å². The Morgan fingerprint density at radius 3 is 3.13 bits per heavy atom.